The number of carbonyl (C=O) groups excluding carboxylic acids is 1. The van der Waals surface area contributed by atoms with Crippen molar-refractivity contribution in [1.82, 2.24) is 25.0 Å². The molecule has 1 aliphatic rings. The SMILES string of the molecule is COc1ccc(-n2ccc(C(=O)NCc3cccnc3N3CCN(C)CC3)n2)cc1. The minimum absolute atomic E-state index is 0.213. The number of pyridine rings is 1. The summed E-state index contributed by atoms with van der Waals surface area (Å²) in [5.41, 5.74) is 2.24. The highest BCUT2D eigenvalue weighted by atomic mass is 16.5. The fourth-order valence-corrected chi connectivity index (χ4v) is 3.46. The van der Waals surface area contributed by atoms with Gasteiger partial charge >= 0.3 is 0 Å². The van der Waals surface area contributed by atoms with Gasteiger partial charge in [-0.3, -0.25) is 4.79 Å². The van der Waals surface area contributed by atoms with Crippen LogP contribution in [0.3, 0.4) is 0 Å². The van der Waals surface area contributed by atoms with E-state index in [2.05, 4.69) is 32.2 Å². The van der Waals surface area contributed by atoms with Crippen molar-refractivity contribution in [3.8, 4) is 11.4 Å². The van der Waals surface area contributed by atoms with Crippen molar-refractivity contribution in [3.05, 3.63) is 66.1 Å². The van der Waals surface area contributed by atoms with Gasteiger partial charge in [-0.05, 0) is 43.4 Å². The van der Waals surface area contributed by atoms with Crippen LogP contribution in [0.1, 0.15) is 16.1 Å². The van der Waals surface area contributed by atoms with Crippen LogP contribution >= 0.6 is 0 Å². The van der Waals surface area contributed by atoms with Crippen LogP contribution in [0.15, 0.2) is 54.9 Å². The molecule has 3 heterocycles. The molecular formula is C22H26N6O2. The predicted molar refractivity (Wildman–Crippen MR) is 115 cm³/mol. The Morgan fingerprint density at radius 3 is 2.60 bits per heavy atom. The van der Waals surface area contributed by atoms with Crippen molar-refractivity contribution in [1.29, 1.82) is 0 Å². The van der Waals surface area contributed by atoms with Crippen molar-refractivity contribution in [2.75, 3.05) is 45.2 Å². The Labute approximate surface area is 176 Å². The van der Waals surface area contributed by atoms with Crippen LogP contribution in [0.25, 0.3) is 5.69 Å². The third kappa shape index (κ3) is 4.44. The molecule has 1 saturated heterocycles. The van der Waals surface area contributed by atoms with Gasteiger partial charge in [-0.25, -0.2) is 9.67 Å². The van der Waals surface area contributed by atoms with Crippen molar-refractivity contribution >= 4 is 11.7 Å². The molecule has 8 nitrogen and oxygen atoms in total. The molecule has 0 saturated carbocycles. The number of carbonyl (C=O) groups is 1. The Morgan fingerprint density at radius 2 is 1.87 bits per heavy atom. The standard InChI is InChI=1S/C22H26N6O2/c1-26-12-14-27(15-13-26)21-17(4-3-10-23-21)16-24-22(29)20-9-11-28(25-20)18-5-7-19(30-2)8-6-18/h3-11H,12-16H2,1-2H3,(H,24,29). The molecule has 0 atom stereocenters. The van der Waals surface area contributed by atoms with E-state index in [1.165, 1.54) is 0 Å². The molecule has 0 bridgehead atoms. The Balaban J connectivity index is 1.41. The molecule has 2 aromatic heterocycles. The summed E-state index contributed by atoms with van der Waals surface area (Å²) in [6, 6.07) is 13.1. The van der Waals surface area contributed by atoms with Gasteiger partial charge < -0.3 is 19.9 Å². The maximum atomic E-state index is 12.6. The largest absolute Gasteiger partial charge is 0.497 e. The van der Waals surface area contributed by atoms with E-state index in [-0.39, 0.29) is 5.91 Å². The fourth-order valence-electron chi connectivity index (χ4n) is 3.46. The molecule has 30 heavy (non-hydrogen) atoms. The summed E-state index contributed by atoms with van der Waals surface area (Å²) in [6.07, 6.45) is 3.58. The molecule has 1 aliphatic heterocycles. The topological polar surface area (TPSA) is 75.5 Å². The van der Waals surface area contributed by atoms with Gasteiger partial charge in [0.1, 0.15) is 11.6 Å². The smallest absolute Gasteiger partial charge is 0.272 e. The van der Waals surface area contributed by atoms with Gasteiger partial charge in [-0.15, -0.1) is 0 Å². The number of ether oxygens (including phenoxy) is 1. The molecular weight excluding hydrogens is 380 g/mol. The number of benzene rings is 1. The van der Waals surface area contributed by atoms with Crippen molar-refractivity contribution in [2.45, 2.75) is 6.54 Å². The highest BCUT2D eigenvalue weighted by Gasteiger charge is 2.18. The first-order valence-corrected chi connectivity index (χ1v) is 10.00. The number of hydrogen-bond acceptors (Lipinski definition) is 6. The maximum absolute atomic E-state index is 12.6. The zero-order valence-electron chi connectivity index (χ0n) is 17.3. The highest BCUT2D eigenvalue weighted by molar-refractivity contribution is 5.92. The van der Waals surface area contributed by atoms with E-state index in [9.17, 15) is 4.79 Å². The average Bonchev–Trinajstić information content (AvgIpc) is 3.29. The molecule has 1 N–H and O–H groups in total. The molecule has 0 aliphatic carbocycles. The molecule has 156 valence electrons. The first kappa shape index (κ1) is 19.9. The fraction of sp³-hybridized carbons (Fsp3) is 0.318. The van der Waals surface area contributed by atoms with E-state index in [4.69, 9.17) is 4.74 Å². The summed E-state index contributed by atoms with van der Waals surface area (Å²) in [5, 5.41) is 7.38. The van der Waals surface area contributed by atoms with E-state index in [0.29, 0.717) is 12.2 Å². The molecule has 1 amide bonds. The molecule has 0 unspecified atom stereocenters. The van der Waals surface area contributed by atoms with E-state index in [0.717, 1.165) is 49.0 Å². The minimum Gasteiger partial charge on any atom is -0.497 e. The van der Waals surface area contributed by atoms with Crippen molar-refractivity contribution in [2.24, 2.45) is 0 Å². The van der Waals surface area contributed by atoms with Crippen LogP contribution in [-0.2, 0) is 6.54 Å². The monoisotopic (exact) mass is 406 g/mol. The number of hydrogen-bond donors (Lipinski definition) is 1. The lowest BCUT2D eigenvalue weighted by atomic mass is 10.2. The lowest BCUT2D eigenvalue weighted by Gasteiger charge is -2.34. The number of methoxy groups -OCH3 is 1. The lowest BCUT2D eigenvalue weighted by molar-refractivity contribution is 0.0945. The van der Waals surface area contributed by atoms with Gasteiger partial charge in [-0.1, -0.05) is 6.07 Å². The number of aromatic nitrogens is 3. The van der Waals surface area contributed by atoms with Gasteiger partial charge in [0.05, 0.1) is 12.8 Å². The summed E-state index contributed by atoms with van der Waals surface area (Å²) in [5.74, 6) is 1.50. The number of likely N-dealkylation sites (N-methyl/N-ethyl adjacent to an activating group) is 1. The molecule has 4 rings (SSSR count). The molecule has 0 spiro atoms. The molecule has 8 heteroatoms. The lowest BCUT2D eigenvalue weighted by Crippen LogP contribution is -2.45. The zero-order chi connectivity index (χ0) is 20.9. The van der Waals surface area contributed by atoms with Crippen LogP contribution in [0.2, 0.25) is 0 Å². The first-order chi connectivity index (χ1) is 14.6. The van der Waals surface area contributed by atoms with Crippen molar-refractivity contribution in [3.63, 3.8) is 0 Å². The number of piperazine rings is 1. The summed E-state index contributed by atoms with van der Waals surface area (Å²) in [7, 11) is 3.75. The number of amides is 1. The third-order valence-corrected chi connectivity index (χ3v) is 5.27. The normalized spacial score (nSPS) is 14.5. The van der Waals surface area contributed by atoms with Crippen LogP contribution in [0.4, 0.5) is 5.82 Å². The second kappa shape index (κ2) is 8.96. The van der Waals surface area contributed by atoms with Crippen LogP contribution in [0.5, 0.6) is 5.75 Å². The van der Waals surface area contributed by atoms with Gasteiger partial charge in [-0.2, -0.15) is 5.10 Å². The van der Waals surface area contributed by atoms with Crippen LogP contribution in [0, 0.1) is 0 Å². The zero-order valence-corrected chi connectivity index (χ0v) is 17.3. The van der Waals surface area contributed by atoms with Crippen LogP contribution in [-0.4, -0.2) is 65.9 Å². The summed E-state index contributed by atoms with van der Waals surface area (Å²) in [6.45, 7) is 4.28. The Kier molecular flexibility index (Phi) is 5.94. The predicted octanol–water partition coefficient (Wildman–Crippen LogP) is 1.96. The second-order valence-electron chi connectivity index (χ2n) is 7.30. The van der Waals surface area contributed by atoms with Gasteiger partial charge in [0.15, 0.2) is 5.69 Å². The quantitative estimate of drug-likeness (QED) is 0.675. The summed E-state index contributed by atoms with van der Waals surface area (Å²) < 4.78 is 6.85. The molecule has 1 aromatic carbocycles. The maximum Gasteiger partial charge on any atom is 0.272 e. The summed E-state index contributed by atoms with van der Waals surface area (Å²) in [4.78, 5) is 21.8. The Bertz CT molecular complexity index is 993. The number of anilines is 1. The second-order valence-corrected chi connectivity index (χ2v) is 7.30. The van der Waals surface area contributed by atoms with Gasteiger partial charge in [0, 0.05) is 50.7 Å². The van der Waals surface area contributed by atoms with E-state index >= 15 is 0 Å². The van der Waals surface area contributed by atoms with Crippen molar-refractivity contribution < 1.29 is 9.53 Å². The van der Waals surface area contributed by atoms with Crippen LogP contribution < -0.4 is 15.0 Å². The van der Waals surface area contributed by atoms with E-state index < -0.39 is 0 Å². The number of nitrogens with zero attached hydrogens (tertiary/aromatic N) is 5. The van der Waals surface area contributed by atoms with E-state index in [1.54, 1.807) is 30.3 Å². The van der Waals surface area contributed by atoms with Gasteiger partial charge in [0.2, 0.25) is 0 Å². The molecule has 3 aromatic rings. The molecule has 1 fully saturated rings. The average molecular weight is 406 g/mol. The first-order valence-electron chi connectivity index (χ1n) is 10.00. The Morgan fingerprint density at radius 1 is 1.10 bits per heavy atom. The number of rotatable bonds is 6. The molecule has 0 radical (unpaired) electrons. The summed E-state index contributed by atoms with van der Waals surface area (Å²) >= 11 is 0. The van der Waals surface area contributed by atoms with E-state index in [1.807, 2.05) is 36.4 Å². The minimum atomic E-state index is -0.213. The highest BCUT2D eigenvalue weighted by Crippen LogP contribution is 2.19. The number of nitrogens with one attached hydrogen (secondary N) is 1. The third-order valence-electron chi connectivity index (χ3n) is 5.27. The van der Waals surface area contributed by atoms with Gasteiger partial charge in [0.25, 0.3) is 5.91 Å². The Hall–Kier alpha value is -3.39.